The lowest BCUT2D eigenvalue weighted by Gasteiger charge is -2.12. The molecule has 0 saturated carbocycles. The van der Waals surface area contributed by atoms with Crippen molar-refractivity contribution in [2.45, 2.75) is 44.3 Å². The Hall–Kier alpha value is -1.35. The molecule has 0 unspecified atom stereocenters. The fourth-order valence-electron chi connectivity index (χ4n) is 1.39. The van der Waals surface area contributed by atoms with Crippen LogP contribution >= 0.6 is 15.9 Å². The lowest BCUT2D eigenvalue weighted by atomic mass is 10.1. The van der Waals surface area contributed by atoms with Crippen LogP contribution in [0, 0.1) is 11.8 Å². The van der Waals surface area contributed by atoms with Gasteiger partial charge in [-0.05, 0) is 36.4 Å². The molecule has 21 heavy (non-hydrogen) atoms. The lowest BCUT2D eigenvalue weighted by molar-refractivity contribution is -0.137. The molecule has 0 saturated heterocycles. The summed E-state index contributed by atoms with van der Waals surface area (Å²) in [5.74, 6) is 4.66. The zero-order chi connectivity index (χ0) is 15.9. The molecule has 0 rings (SSSR count). The summed E-state index contributed by atoms with van der Waals surface area (Å²) in [7, 11) is 0. The SMILES string of the molecule is O=C(O)CCCC#C/C=C/[C@H](O)[C@@H](O)CC/C=C/C=C\Br. The Morgan fingerprint density at radius 3 is 2.71 bits per heavy atom. The predicted molar refractivity (Wildman–Crippen MR) is 86.9 cm³/mol. The maximum atomic E-state index is 10.3. The first-order valence-corrected chi connectivity index (χ1v) is 7.64. The molecule has 0 heterocycles. The summed E-state index contributed by atoms with van der Waals surface area (Å²) in [5.41, 5.74) is 0. The van der Waals surface area contributed by atoms with Gasteiger partial charge in [-0.1, -0.05) is 46.0 Å². The number of hydrogen-bond donors (Lipinski definition) is 3. The first kappa shape index (κ1) is 19.7. The van der Waals surface area contributed by atoms with E-state index in [9.17, 15) is 15.0 Å². The predicted octanol–water partition coefficient (Wildman–Crippen LogP) is 2.77. The van der Waals surface area contributed by atoms with Crippen LogP contribution in [-0.4, -0.2) is 33.5 Å². The van der Waals surface area contributed by atoms with E-state index in [2.05, 4.69) is 27.8 Å². The molecule has 0 bridgehead atoms. The highest BCUT2D eigenvalue weighted by molar-refractivity contribution is 9.11. The minimum Gasteiger partial charge on any atom is -0.481 e. The van der Waals surface area contributed by atoms with Crippen LogP contribution in [0.2, 0.25) is 0 Å². The van der Waals surface area contributed by atoms with Gasteiger partial charge in [-0.15, -0.1) is 0 Å². The smallest absolute Gasteiger partial charge is 0.303 e. The monoisotopic (exact) mass is 356 g/mol. The third kappa shape index (κ3) is 13.4. The number of carboxylic acid groups (broad SMARTS) is 1. The van der Waals surface area contributed by atoms with E-state index in [-0.39, 0.29) is 6.42 Å². The highest BCUT2D eigenvalue weighted by atomic mass is 79.9. The molecular weight excluding hydrogens is 336 g/mol. The molecule has 0 aromatic heterocycles. The second-order valence-corrected chi connectivity index (χ2v) is 4.84. The molecule has 0 spiro atoms. The van der Waals surface area contributed by atoms with Gasteiger partial charge >= 0.3 is 5.97 Å². The number of carboxylic acids is 1. The molecule has 0 aliphatic carbocycles. The average Bonchev–Trinajstić information content (AvgIpc) is 2.45. The Morgan fingerprint density at radius 1 is 1.29 bits per heavy atom. The van der Waals surface area contributed by atoms with Crippen molar-refractivity contribution < 1.29 is 20.1 Å². The van der Waals surface area contributed by atoms with Crippen molar-refractivity contribution in [3.8, 4) is 11.8 Å². The molecule has 2 atom stereocenters. The Morgan fingerprint density at radius 2 is 2.05 bits per heavy atom. The second kappa shape index (κ2) is 13.6. The van der Waals surface area contributed by atoms with E-state index in [1.165, 1.54) is 12.2 Å². The first-order valence-electron chi connectivity index (χ1n) is 6.72. The van der Waals surface area contributed by atoms with Crippen molar-refractivity contribution >= 4 is 21.9 Å². The fourth-order valence-corrected chi connectivity index (χ4v) is 1.56. The largest absolute Gasteiger partial charge is 0.481 e. The van der Waals surface area contributed by atoms with Gasteiger partial charge in [0.2, 0.25) is 0 Å². The number of hydrogen-bond acceptors (Lipinski definition) is 3. The van der Waals surface area contributed by atoms with E-state index in [1.54, 1.807) is 4.99 Å². The maximum Gasteiger partial charge on any atom is 0.303 e. The van der Waals surface area contributed by atoms with Crippen molar-refractivity contribution in [1.82, 2.24) is 0 Å². The van der Waals surface area contributed by atoms with Crippen molar-refractivity contribution in [3.05, 3.63) is 35.4 Å². The number of aliphatic carboxylic acids is 1. The van der Waals surface area contributed by atoms with Gasteiger partial charge in [-0.2, -0.15) is 0 Å². The maximum absolute atomic E-state index is 10.3. The van der Waals surface area contributed by atoms with Crippen LogP contribution in [-0.2, 0) is 4.79 Å². The van der Waals surface area contributed by atoms with Gasteiger partial charge in [-0.25, -0.2) is 0 Å². The van der Waals surface area contributed by atoms with E-state index < -0.39 is 18.2 Å². The van der Waals surface area contributed by atoms with E-state index in [0.717, 1.165) is 0 Å². The van der Waals surface area contributed by atoms with Crippen LogP contribution in [0.4, 0.5) is 0 Å². The molecule has 0 radical (unpaired) electrons. The number of aliphatic hydroxyl groups excluding tert-OH is 2. The van der Waals surface area contributed by atoms with Gasteiger partial charge in [0.25, 0.3) is 0 Å². The van der Waals surface area contributed by atoms with E-state index in [1.807, 2.05) is 18.2 Å². The molecule has 0 aromatic carbocycles. The van der Waals surface area contributed by atoms with Gasteiger partial charge in [0.05, 0.1) is 12.2 Å². The summed E-state index contributed by atoms with van der Waals surface area (Å²) < 4.78 is 0. The van der Waals surface area contributed by atoms with Crippen LogP contribution in [0.15, 0.2) is 35.4 Å². The molecule has 116 valence electrons. The highest BCUT2D eigenvalue weighted by Crippen LogP contribution is 2.05. The van der Waals surface area contributed by atoms with Crippen molar-refractivity contribution in [2.75, 3.05) is 0 Å². The Bertz CT molecular complexity index is 429. The molecule has 5 heteroatoms. The molecule has 3 N–H and O–H groups in total. The normalized spacial score (nSPS) is 14.4. The number of allylic oxidation sites excluding steroid dienone is 4. The van der Waals surface area contributed by atoms with Crippen molar-refractivity contribution in [3.63, 3.8) is 0 Å². The number of halogens is 1. The van der Waals surface area contributed by atoms with E-state index in [0.29, 0.717) is 25.7 Å². The minimum absolute atomic E-state index is 0.109. The molecule has 0 fully saturated rings. The molecule has 0 aliphatic heterocycles. The standard InChI is InChI=1S/C16H21BrO4/c17-13-9-5-4-7-11-15(19)14(18)10-6-2-1-3-8-12-16(20)21/h4-6,9-10,13-15,18-19H,3,7-8,11-12H2,(H,20,21)/b5-4+,10-6+,13-9-/t14-,15-/m0/s1. The van der Waals surface area contributed by atoms with E-state index >= 15 is 0 Å². The van der Waals surface area contributed by atoms with Crippen LogP contribution < -0.4 is 0 Å². The Labute approximate surface area is 134 Å². The summed E-state index contributed by atoms with van der Waals surface area (Å²) >= 11 is 3.14. The van der Waals surface area contributed by atoms with Crippen molar-refractivity contribution in [2.24, 2.45) is 0 Å². The van der Waals surface area contributed by atoms with Gasteiger partial charge < -0.3 is 15.3 Å². The lowest BCUT2D eigenvalue weighted by Crippen LogP contribution is -2.23. The third-order valence-corrected chi connectivity index (χ3v) is 2.82. The summed E-state index contributed by atoms with van der Waals surface area (Å²) in [4.78, 5) is 12.0. The number of rotatable bonds is 9. The van der Waals surface area contributed by atoms with Gasteiger partial charge in [0.15, 0.2) is 0 Å². The number of unbranched alkanes of at least 4 members (excludes halogenated alkanes) is 1. The average molecular weight is 357 g/mol. The molecule has 0 amide bonds. The molecular formula is C16H21BrO4. The highest BCUT2D eigenvalue weighted by Gasteiger charge is 2.11. The fraction of sp³-hybridized carbons (Fsp3) is 0.438. The zero-order valence-electron chi connectivity index (χ0n) is 11.8. The zero-order valence-corrected chi connectivity index (χ0v) is 13.4. The van der Waals surface area contributed by atoms with Crippen LogP contribution in [0.5, 0.6) is 0 Å². The topological polar surface area (TPSA) is 77.8 Å². The Balaban J connectivity index is 3.89. The van der Waals surface area contributed by atoms with Gasteiger partial charge in [0, 0.05) is 12.8 Å². The van der Waals surface area contributed by atoms with Gasteiger partial charge in [-0.3, -0.25) is 4.79 Å². The van der Waals surface area contributed by atoms with Crippen LogP contribution in [0.25, 0.3) is 0 Å². The summed E-state index contributed by atoms with van der Waals surface area (Å²) in [6.07, 6.45) is 8.99. The van der Waals surface area contributed by atoms with Crippen LogP contribution in [0.1, 0.15) is 32.1 Å². The van der Waals surface area contributed by atoms with Crippen molar-refractivity contribution in [1.29, 1.82) is 0 Å². The first-order chi connectivity index (χ1) is 10.1. The quantitative estimate of drug-likeness (QED) is 0.337. The minimum atomic E-state index is -0.946. The molecule has 4 nitrogen and oxygen atoms in total. The third-order valence-electron chi connectivity index (χ3n) is 2.51. The number of carbonyl (C=O) groups is 1. The summed E-state index contributed by atoms with van der Waals surface area (Å²) in [5, 5.41) is 27.8. The second-order valence-electron chi connectivity index (χ2n) is 4.31. The molecule has 0 aromatic rings. The summed E-state index contributed by atoms with van der Waals surface area (Å²) in [6, 6.07) is 0. The van der Waals surface area contributed by atoms with Crippen LogP contribution in [0.3, 0.4) is 0 Å². The summed E-state index contributed by atoms with van der Waals surface area (Å²) in [6.45, 7) is 0. The van der Waals surface area contributed by atoms with E-state index in [4.69, 9.17) is 5.11 Å². The van der Waals surface area contributed by atoms with Gasteiger partial charge in [0.1, 0.15) is 0 Å². The molecule has 0 aliphatic rings. The number of aliphatic hydroxyl groups is 2. The Kier molecular flexibility index (Phi) is 12.7.